The second kappa shape index (κ2) is 9.62. The Labute approximate surface area is 193 Å². The molecule has 1 aromatic heterocycles. The number of nitrogens with one attached hydrogen (secondary N) is 2. The molecule has 174 valence electrons. The first kappa shape index (κ1) is 22.8. The van der Waals surface area contributed by atoms with Crippen LogP contribution in [0.3, 0.4) is 0 Å². The van der Waals surface area contributed by atoms with Gasteiger partial charge in [0.1, 0.15) is 5.82 Å². The first-order chi connectivity index (χ1) is 16.4. The van der Waals surface area contributed by atoms with E-state index in [1.807, 2.05) is 0 Å². The van der Waals surface area contributed by atoms with Crippen molar-refractivity contribution in [2.45, 2.75) is 13.1 Å². The molecule has 0 spiro atoms. The van der Waals surface area contributed by atoms with E-state index in [4.69, 9.17) is 9.47 Å². The molecule has 4 rings (SSSR count). The van der Waals surface area contributed by atoms with Gasteiger partial charge in [0.2, 0.25) is 0 Å². The van der Waals surface area contributed by atoms with Crippen LogP contribution in [0.2, 0.25) is 0 Å². The Bertz CT molecular complexity index is 1480. The Kier molecular flexibility index (Phi) is 6.44. The van der Waals surface area contributed by atoms with E-state index in [-0.39, 0.29) is 30.2 Å². The molecule has 34 heavy (non-hydrogen) atoms. The molecule has 4 aromatic rings. The van der Waals surface area contributed by atoms with Crippen molar-refractivity contribution in [1.82, 2.24) is 14.9 Å². The van der Waals surface area contributed by atoms with Crippen molar-refractivity contribution in [3.05, 3.63) is 104 Å². The van der Waals surface area contributed by atoms with Crippen LogP contribution < -0.4 is 26.0 Å². The summed E-state index contributed by atoms with van der Waals surface area (Å²) in [5, 5.41) is 2.95. The van der Waals surface area contributed by atoms with Gasteiger partial charge in [0.05, 0.1) is 31.7 Å². The van der Waals surface area contributed by atoms with E-state index in [0.29, 0.717) is 33.7 Å². The van der Waals surface area contributed by atoms with Gasteiger partial charge in [0.15, 0.2) is 11.5 Å². The normalized spacial score (nSPS) is 10.8. The molecular formula is C25H22FN3O5. The van der Waals surface area contributed by atoms with Crippen LogP contribution in [0.15, 0.2) is 70.3 Å². The topological polar surface area (TPSA) is 102 Å². The predicted molar refractivity (Wildman–Crippen MR) is 125 cm³/mol. The smallest absolute Gasteiger partial charge is 0.329 e. The summed E-state index contributed by atoms with van der Waals surface area (Å²) >= 11 is 0. The van der Waals surface area contributed by atoms with Crippen LogP contribution in [0.1, 0.15) is 21.5 Å². The van der Waals surface area contributed by atoms with E-state index in [0.717, 1.165) is 4.57 Å². The number of nitrogens with zero attached hydrogens (tertiary/aromatic N) is 1. The maximum atomic E-state index is 13.7. The summed E-state index contributed by atoms with van der Waals surface area (Å²) in [5.74, 6) is 0.0138. The molecule has 0 unspecified atom stereocenters. The third-order valence-electron chi connectivity index (χ3n) is 5.44. The second-order valence-electron chi connectivity index (χ2n) is 7.55. The zero-order valence-corrected chi connectivity index (χ0v) is 18.6. The average molecular weight is 463 g/mol. The largest absolute Gasteiger partial charge is 0.493 e. The van der Waals surface area contributed by atoms with Gasteiger partial charge >= 0.3 is 5.69 Å². The number of aromatic amines is 1. The number of rotatable bonds is 7. The highest BCUT2D eigenvalue weighted by molar-refractivity contribution is 5.94. The van der Waals surface area contributed by atoms with Crippen LogP contribution in [-0.4, -0.2) is 29.7 Å². The number of methoxy groups -OCH3 is 2. The van der Waals surface area contributed by atoms with Gasteiger partial charge in [-0.15, -0.1) is 0 Å². The van der Waals surface area contributed by atoms with E-state index in [1.165, 1.54) is 32.4 Å². The molecule has 0 aliphatic heterocycles. The minimum Gasteiger partial charge on any atom is -0.493 e. The Hall–Kier alpha value is -4.40. The number of benzene rings is 3. The van der Waals surface area contributed by atoms with Crippen LogP contribution in [0, 0.1) is 5.82 Å². The van der Waals surface area contributed by atoms with Gasteiger partial charge in [-0.2, -0.15) is 0 Å². The SMILES string of the molecule is COc1cc2[nH]c(=O)n(Cc3ccc(C(=O)NCc4ccccc4F)cc3)c(=O)c2cc1OC. The fourth-order valence-corrected chi connectivity index (χ4v) is 3.59. The van der Waals surface area contributed by atoms with Crippen LogP contribution in [0.4, 0.5) is 4.39 Å². The zero-order valence-electron chi connectivity index (χ0n) is 18.6. The Balaban J connectivity index is 1.54. The number of halogens is 1. The van der Waals surface area contributed by atoms with Gasteiger partial charge in [-0.3, -0.25) is 14.2 Å². The van der Waals surface area contributed by atoms with Gasteiger partial charge in [0, 0.05) is 23.7 Å². The van der Waals surface area contributed by atoms with Crippen molar-refractivity contribution in [2.75, 3.05) is 14.2 Å². The summed E-state index contributed by atoms with van der Waals surface area (Å²) in [7, 11) is 2.93. The van der Waals surface area contributed by atoms with Gasteiger partial charge in [-0.1, -0.05) is 30.3 Å². The summed E-state index contributed by atoms with van der Waals surface area (Å²) in [4.78, 5) is 40.7. The highest BCUT2D eigenvalue weighted by Crippen LogP contribution is 2.29. The molecule has 1 heterocycles. The highest BCUT2D eigenvalue weighted by Gasteiger charge is 2.14. The molecule has 9 heteroatoms. The quantitative estimate of drug-likeness (QED) is 0.439. The van der Waals surface area contributed by atoms with Gasteiger partial charge in [-0.05, 0) is 29.8 Å². The maximum Gasteiger partial charge on any atom is 0.329 e. The summed E-state index contributed by atoms with van der Waals surface area (Å²) in [6.07, 6.45) is 0. The van der Waals surface area contributed by atoms with E-state index >= 15 is 0 Å². The number of hydrogen-bond donors (Lipinski definition) is 2. The molecule has 0 radical (unpaired) electrons. The maximum absolute atomic E-state index is 13.7. The number of amides is 1. The summed E-state index contributed by atoms with van der Waals surface area (Å²) < 4.78 is 25.3. The number of carbonyl (C=O) groups excluding carboxylic acids is 1. The highest BCUT2D eigenvalue weighted by atomic mass is 19.1. The minimum absolute atomic E-state index is 0.00950. The second-order valence-corrected chi connectivity index (χ2v) is 7.55. The van der Waals surface area contributed by atoms with Gasteiger partial charge in [0.25, 0.3) is 11.5 Å². The van der Waals surface area contributed by atoms with Crippen molar-refractivity contribution in [1.29, 1.82) is 0 Å². The van der Waals surface area contributed by atoms with E-state index in [2.05, 4.69) is 10.3 Å². The van der Waals surface area contributed by atoms with Crippen molar-refractivity contribution < 1.29 is 18.7 Å². The molecular weight excluding hydrogens is 441 g/mol. The molecule has 0 saturated carbocycles. The van der Waals surface area contributed by atoms with Gasteiger partial charge < -0.3 is 19.8 Å². The summed E-state index contributed by atoms with van der Waals surface area (Å²) in [6, 6.07) is 15.7. The van der Waals surface area contributed by atoms with Crippen molar-refractivity contribution in [3.63, 3.8) is 0 Å². The lowest BCUT2D eigenvalue weighted by molar-refractivity contribution is 0.0950. The lowest BCUT2D eigenvalue weighted by Gasteiger charge is -2.11. The number of H-pyrrole nitrogens is 1. The Morgan fingerprint density at radius 3 is 2.35 bits per heavy atom. The first-order valence-corrected chi connectivity index (χ1v) is 10.4. The Morgan fingerprint density at radius 1 is 1.00 bits per heavy atom. The molecule has 0 fully saturated rings. The third-order valence-corrected chi connectivity index (χ3v) is 5.44. The molecule has 0 atom stereocenters. The number of carbonyl (C=O) groups is 1. The van der Waals surface area contributed by atoms with E-state index in [1.54, 1.807) is 42.5 Å². The number of ether oxygens (including phenoxy) is 2. The van der Waals surface area contributed by atoms with E-state index in [9.17, 15) is 18.8 Å². The average Bonchev–Trinajstić information content (AvgIpc) is 2.85. The molecule has 2 N–H and O–H groups in total. The van der Waals surface area contributed by atoms with Crippen LogP contribution in [-0.2, 0) is 13.1 Å². The molecule has 0 saturated heterocycles. The lowest BCUT2D eigenvalue weighted by atomic mass is 10.1. The molecule has 8 nitrogen and oxygen atoms in total. The molecule has 0 bridgehead atoms. The predicted octanol–water partition coefficient (Wildman–Crippen LogP) is 2.82. The Morgan fingerprint density at radius 2 is 1.68 bits per heavy atom. The number of aromatic nitrogens is 2. The fraction of sp³-hybridized carbons (Fsp3) is 0.160. The third kappa shape index (κ3) is 4.54. The summed E-state index contributed by atoms with van der Waals surface area (Å²) in [6.45, 7) is 0.0684. The van der Waals surface area contributed by atoms with Crippen LogP contribution in [0.25, 0.3) is 10.9 Å². The van der Waals surface area contributed by atoms with Crippen LogP contribution >= 0.6 is 0 Å². The fourth-order valence-electron chi connectivity index (χ4n) is 3.59. The molecule has 1 amide bonds. The van der Waals surface area contributed by atoms with Crippen LogP contribution in [0.5, 0.6) is 11.5 Å². The standard InChI is InChI=1S/C25H22FN3O5/c1-33-21-11-18-20(12-22(21)34-2)28-25(32)29(24(18)31)14-15-7-9-16(10-8-15)23(30)27-13-17-5-3-4-6-19(17)26/h3-12H,13-14H2,1-2H3,(H,27,30)(H,28,32). The van der Waals surface area contributed by atoms with Crippen molar-refractivity contribution in [2.24, 2.45) is 0 Å². The van der Waals surface area contributed by atoms with Crippen molar-refractivity contribution in [3.8, 4) is 11.5 Å². The summed E-state index contributed by atoms with van der Waals surface area (Å²) in [5.41, 5.74) is 0.694. The number of fused-ring (bicyclic) bond motifs is 1. The van der Waals surface area contributed by atoms with Crippen molar-refractivity contribution >= 4 is 16.8 Å². The minimum atomic E-state index is -0.573. The lowest BCUT2D eigenvalue weighted by Crippen LogP contribution is -2.35. The van der Waals surface area contributed by atoms with E-state index < -0.39 is 11.2 Å². The number of hydrogen-bond acceptors (Lipinski definition) is 5. The van der Waals surface area contributed by atoms with Gasteiger partial charge in [-0.25, -0.2) is 9.18 Å². The molecule has 3 aromatic carbocycles. The zero-order chi connectivity index (χ0) is 24.2. The molecule has 0 aliphatic rings. The molecule has 0 aliphatic carbocycles. The first-order valence-electron chi connectivity index (χ1n) is 10.4. The monoisotopic (exact) mass is 463 g/mol.